The van der Waals surface area contributed by atoms with E-state index in [1.54, 1.807) is 7.11 Å². The van der Waals surface area contributed by atoms with Crippen molar-refractivity contribution in [2.24, 2.45) is 0 Å². The second kappa shape index (κ2) is 10.4. The minimum atomic E-state index is 0.550. The van der Waals surface area contributed by atoms with Crippen molar-refractivity contribution in [3.63, 3.8) is 0 Å². The van der Waals surface area contributed by atoms with E-state index >= 15 is 0 Å². The molecule has 1 aliphatic rings. The standard InChI is InChI=1S/C27H32N2O/c1-30-27-14-8-13-23(19-27)15-16-26-22-28(20-24-9-4-2-5-10-24)17-18-29(26)21-25-11-6-3-7-12-25/h2-14,19,26H,15-18,20-22H2,1H3. The number of piperazine rings is 1. The normalized spacial score (nSPS) is 17.7. The maximum absolute atomic E-state index is 5.41. The fourth-order valence-corrected chi connectivity index (χ4v) is 4.40. The number of aryl methyl sites for hydroxylation is 1. The van der Waals surface area contributed by atoms with E-state index in [-0.39, 0.29) is 0 Å². The smallest absolute Gasteiger partial charge is 0.119 e. The van der Waals surface area contributed by atoms with Gasteiger partial charge in [0.15, 0.2) is 0 Å². The van der Waals surface area contributed by atoms with Gasteiger partial charge in [-0.05, 0) is 41.7 Å². The molecule has 1 aliphatic heterocycles. The summed E-state index contributed by atoms with van der Waals surface area (Å²) in [6, 6.07) is 30.8. The van der Waals surface area contributed by atoms with Crippen LogP contribution in [0.2, 0.25) is 0 Å². The third kappa shape index (κ3) is 5.71. The summed E-state index contributed by atoms with van der Waals surface area (Å²) in [7, 11) is 1.74. The van der Waals surface area contributed by atoms with Crippen molar-refractivity contribution in [3.8, 4) is 5.75 Å². The van der Waals surface area contributed by atoms with E-state index in [1.165, 1.54) is 16.7 Å². The molecule has 0 aromatic heterocycles. The average molecular weight is 401 g/mol. The second-order valence-electron chi connectivity index (χ2n) is 8.22. The third-order valence-corrected chi connectivity index (χ3v) is 6.07. The van der Waals surface area contributed by atoms with Gasteiger partial charge in [-0.3, -0.25) is 9.80 Å². The van der Waals surface area contributed by atoms with Gasteiger partial charge in [-0.25, -0.2) is 0 Å². The molecule has 1 fully saturated rings. The molecule has 0 aliphatic carbocycles. The highest BCUT2D eigenvalue weighted by molar-refractivity contribution is 5.28. The van der Waals surface area contributed by atoms with Gasteiger partial charge in [0.2, 0.25) is 0 Å². The molecule has 0 amide bonds. The van der Waals surface area contributed by atoms with E-state index in [0.29, 0.717) is 6.04 Å². The second-order valence-corrected chi connectivity index (χ2v) is 8.22. The van der Waals surface area contributed by atoms with Crippen LogP contribution in [0.3, 0.4) is 0 Å². The monoisotopic (exact) mass is 400 g/mol. The summed E-state index contributed by atoms with van der Waals surface area (Å²) in [6.45, 7) is 5.42. The summed E-state index contributed by atoms with van der Waals surface area (Å²) in [6.07, 6.45) is 2.23. The lowest BCUT2D eigenvalue weighted by Gasteiger charge is -2.42. The van der Waals surface area contributed by atoms with Crippen LogP contribution in [0.4, 0.5) is 0 Å². The van der Waals surface area contributed by atoms with Crippen molar-refractivity contribution in [1.29, 1.82) is 0 Å². The number of hydrogen-bond donors (Lipinski definition) is 0. The summed E-state index contributed by atoms with van der Waals surface area (Å²) in [5.41, 5.74) is 4.16. The van der Waals surface area contributed by atoms with Gasteiger partial charge in [0, 0.05) is 38.8 Å². The Balaban J connectivity index is 1.44. The van der Waals surface area contributed by atoms with Crippen LogP contribution in [0.1, 0.15) is 23.1 Å². The SMILES string of the molecule is COc1cccc(CCC2CN(Cc3ccccc3)CCN2Cc2ccccc2)c1. The molecule has 0 N–H and O–H groups in total. The molecule has 1 saturated heterocycles. The first kappa shape index (κ1) is 20.6. The van der Waals surface area contributed by atoms with Crippen LogP contribution >= 0.6 is 0 Å². The summed E-state index contributed by atoms with van der Waals surface area (Å²) in [4.78, 5) is 5.30. The first-order chi connectivity index (χ1) is 14.8. The molecule has 1 unspecified atom stereocenters. The van der Waals surface area contributed by atoms with Crippen molar-refractivity contribution in [3.05, 3.63) is 102 Å². The first-order valence-electron chi connectivity index (χ1n) is 11.0. The van der Waals surface area contributed by atoms with Crippen LogP contribution < -0.4 is 4.74 Å². The van der Waals surface area contributed by atoms with Crippen LogP contribution in [0.15, 0.2) is 84.9 Å². The minimum absolute atomic E-state index is 0.550. The highest BCUT2D eigenvalue weighted by Gasteiger charge is 2.26. The van der Waals surface area contributed by atoms with Gasteiger partial charge < -0.3 is 4.74 Å². The van der Waals surface area contributed by atoms with Crippen molar-refractivity contribution in [1.82, 2.24) is 9.80 Å². The number of methoxy groups -OCH3 is 1. The molecule has 30 heavy (non-hydrogen) atoms. The topological polar surface area (TPSA) is 15.7 Å². The van der Waals surface area contributed by atoms with Gasteiger partial charge >= 0.3 is 0 Å². The Hall–Kier alpha value is -2.62. The van der Waals surface area contributed by atoms with E-state index in [9.17, 15) is 0 Å². The molecule has 0 radical (unpaired) electrons. The predicted molar refractivity (Wildman–Crippen MR) is 124 cm³/mol. The summed E-state index contributed by atoms with van der Waals surface area (Å²) >= 11 is 0. The molecule has 156 valence electrons. The van der Waals surface area contributed by atoms with Gasteiger partial charge in [-0.2, -0.15) is 0 Å². The Kier molecular flexibility index (Phi) is 7.17. The fraction of sp³-hybridized carbons (Fsp3) is 0.333. The van der Waals surface area contributed by atoms with Crippen LogP contribution in [0, 0.1) is 0 Å². The maximum atomic E-state index is 5.41. The molecular weight excluding hydrogens is 368 g/mol. The number of hydrogen-bond acceptors (Lipinski definition) is 3. The van der Waals surface area contributed by atoms with E-state index in [0.717, 1.165) is 51.3 Å². The third-order valence-electron chi connectivity index (χ3n) is 6.07. The van der Waals surface area contributed by atoms with E-state index in [1.807, 2.05) is 6.07 Å². The summed E-state index contributed by atoms with van der Waals surface area (Å²) in [5.74, 6) is 0.947. The highest BCUT2D eigenvalue weighted by Crippen LogP contribution is 2.21. The van der Waals surface area contributed by atoms with Gasteiger partial charge in [0.25, 0.3) is 0 Å². The van der Waals surface area contributed by atoms with E-state index in [4.69, 9.17) is 4.74 Å². The molecular formula is C27H32N2O. The van der Waals surface area contributed by atoms with Gasteiger partial charge in [0.05, 0.1) is 7.11 Å². The zero-order valence-electron chi connectivity index (χ0n) is 17.9. The van der Waals surface area contributed by atoms with Gasteiger partial charge in [-0.15, -0.1) is 0 Å². The van der Waals surface area contributed by atoms with Crippen molar-refractivity contribution in [2.45, 2.75) is 32.0 Å². The molecule has 0 spiro atoms. The van der Waals surface area contributed by atoms with Crippen molar-refractivity contribution < 1.29 is 4.74 Å². The predicted octanol–water partition coefficient (Wildman–Crippen LogP) is 5.01. The van der Waals surface area contributed by atoms with Crippen molar-refractivity contribution >= 4 is 0 Å². The quantitative estimate of drug-likeness (QED) is 0.528. The van der Waals surface area contributed by atoms with Crippen LogP contribution in [0.5, 0.6) is 5.75 Å². The van der Waals surface area contributed by atoms with E-state index < -0.39 is 0 Å². The van der Waals surface area contributed by atoms with Crippen LogP contribution in [0.25, 0.3) is 0 Å². The zero-order valence-corrected chi connectivity index (χ0v) is 17.9. The molecule has 0 bridgehead atoms. The van der Waals surface area contributed by atoms with Gasteiger partial charge in [0.1, 0.15) is 5.75 Å². The molecule has 3 aromatic rings. The Morgan fingerprint density at radius 2 is 1.43 bits per heavy atom. The Labute approximate surface area is 180 Å². The van der Waals surface area contributed by atoms with Crippen LogP contribution in [-0.2, 0) is 19.5 Å². The molecule has 4 rings (SSSR count). The molecule has 0 saturated carbocycles. The Morgan fingerprint density at radius 1 is 0.767 bits per heavy atom. The average Bonchev–Trinajstić information content (AvgIpc) is 2.80. The van der Waals surface area contributed by atoms with E-state index in [2.05, 4.69) is 88.7 Å². The highest BCUT2D eigenvalue weighted by atomic mass is 16.5. The summed E-state index contributed by atoms with van der Waals surface area (Å²) in [5, 5.41) is 0. The molecule has 1 atom stereocenters. The lowest BCUT2D eigenvalue weighted by Crippen LogP contribution is -2.52. The number of ether oxygens (including phenoxy) is 1. The number of rotatable bonds is 8. The minimum Gasteiger partial charge on any atom is -0.497 e. The maximum Gasteiger partial charge on any atom is 0.119 e. The van der Waals surface area contributed by atoms with Gasteiger partial charge in [-0.1, -0.05) is 72.8 Å². The molecule has 3 heteroatoms. The molecule has 1 heterocycles. The Morgan fingerprint density at radius 3 is 2.13 bits per heavy atom. The zero-order chi connectivity index (χ0) is 20.6. The molecule has 3 nitrogen and oxygen atoms in total. The van der Waals surface area contributed by atoms with Crippen molar-refractivity contribution in [2.75, 3.05) is 26.7 Å². The molecule has 3 aromatic carbocycles. The first-order valence-corrected chi connectivity index (χ1v) is 11.0. The summed E-state index contributed by atoms with van der Waals surface area (Å²) < 4.78 is 5.41. The Bertz CT molecular complexity index is 897. The van der Waals surface area contributed by atoms with Crippen LogP contribution in [-0.4, -0.2) is 42.6 Å². The lowest BCUT2D eigenvalue weighted by atomic mass is 10.0. The largest absolute Gasteiger partial charge is 0.497 e. The fourth-order valence-electron chi connectivity index (χ4n) is 4.40. The lowest BCUT2D eigenvalue weighted by molar-refractivity contribution is 0.0597. The number of benzene rings is 3. The number of nitrogens with zero attached hydrogens (tertiary/aromatic N) is 2.